The number of aromatic nitrogens is 3. The largest absolute Gasteiger partial charge is 0.490 e. The average molecular weight is 592 g/mol. The van der Waals surface area contributed by atoms with Gasteiger partial charge in [0.25, 0.3) is 5.91 Å². The van der Waals surface area contributed by atoms with Crippen LogP contribution in [0.15, 0.2) is 36.8 Å². The number of benzene rings is 1. The minimum Gasteiger partial charge on any atom is -0.490 e. The summed E-state index contributed by atoms with van der Waals surface area (Å²) < 4.78 is 55.8. The number of halogens is 3. The molecule has 2 bridgehead atoms. The van der Waals surface area contributed by atoms with Crippen molar-refractivity contribution >= 4 is 23.3 Å². The maximum absolute atomic E-state index is 13.3. The van der Waals surface area contributed by atoms with Crippen LogP contribution >= 0.6 is 11.3 Å². The summed E-state index contributed by atoms with van der Waals surface area (Å²) in [4.78, 5) is 39.4. The number of amides is 2. The molecule has 2 aliphatic rings. The van der Waals surface area contributed by atoms with Crippen molar-refractivity contribution in [3.05, 3.63) is 58.6 Å². The lowest BCUT2D eigenvalue weighted by Crippen LogP contribution is -2.48. The van der Waals surface area contributed by atoms with E-state index in [0.29, 0.717) is 41.5 Å². The number of morpholine rings is 1. The molecule has 218 valence electrons. The Balaban J connectivity index is 1.34. The van der Waals surface area contributed by atoms with E-state index in [1.807, 2.05) is 6.92 Å². The van der Waals surface area contributed by atoms with Gasteiger partial charge in [-0.15, -0.1) is 11.3 Å². The topological polar surface area (TPSA) is 116 Å². The smallest absolute Gasteiger partial charge is 0.451 e. The van der Waals surface area contributed by atoms with Gasteiger partial charge in [0.05, 0.1) is 31.8 Å². The Morgan fingerprint density at radius 3 is 2.63 bits per heavy atom. The van der Waals surface area contributed by atoms with E-state index in [2.05, 4.69) is 20.3 Å². The molecule has 1 aromatic carbocycles. The van der Waals surface area contributed by atoms with Crippen molar-refractivity contribution in [2.75, 3.05) is 26.4 Å². The molecule has 0 spiro atoms. The van der Waals surface area contributed by atoms with E-state index in [1.165, 1.54) is 11.3 Å². The predicted molar refractivity (Wildman–Crippen MR) is 142 cm³/mol. The molecule has 2 aliphatic heterocycles. The van der Waals surface area contributed by atoms with Crippen molar-refractivity contribution in [3.8, 4) is 16.3 Å². The van der Waals surface area contributed by atoms with Crippen LogP contribution in [0.2, 0.25) is 0 Å². The Hall–Kier alpha value is -3.78. The number of aryl methyl sites for hydroxylation is 1. The van der Waals surface area contributed by atoms with Gasteiger partial charge in [-0.25, -0.2) is 19.7 Å². The van der Waals surface area contributed by atoms with Crippen molar-refractivity contribution < 1.29 is 37.0 Å². The lowest BCUT2D eigenvalue weighted by molar-refractivity contribution is -0.145. The van der Waals surface area contributed by atoms with Gasteiger partial charge in [0.1, 0.15) is 23.0 Å². The van der Waals surface area contributed by atoms with E-state index >= 15 is 0 Å². The van der Waals surface area contributed by atoms with Crippen molar-refractivity contribution in [1.29, 1.82) is 0 Å². The predicted octanol–water partition coefficient (Wildman–Crippen LogP) is 4.80. The Morgan fingerprint density at radius 2 is 1.98 bits per heavy atom. The maximum Gasteiger partial charge on any atom is 0.451 e. The Labute approximate surface area is 237 Å². The first-order valence-corrected chi connectivity index (χ1v) is 13.8. The standard InChI is InChI=1S/C27H28F3N5O5S/c1-4-38-25(37)35-13-26(8-20(35)12-40-26)14-39-21-6-17(5-18(7-21)23-31-9-15(2)41-23)22(36)34-16(3)19-10-32-24(33-11-19)27(28,29)30/h5-7,9-11,16,20H,4,8,12-14H2,1-3H3,(H,34,36). The van der Waals surface area contributed by atoms with E-state index < -0.39 is 29.6 Å². The van der Waals surface area contributed by atoms with E-state index in [0.717, 1.165) is 17.3 Å². The molecule has 14 heteroatoms. The fraction of sp³-hybridized carbons (Fsp3) is 0.444. The van der Waals surface area contributed by atoms with Crippen molar-refractivity contribution in [2.24, 2.45) is 0 Å². The number of nitrogens with one attached hydrogen (secondary N) is 1. The number of hydrogen-bond donors (Lipinski definition) is 1. The van der Waals surface area contributed by atoms with Crippen molar-refractivity contribution in [3.63, 3.8) is 0 Å². The normalized spacial score (nSPS) is 20.6. The molecule has 10 nitrogen and oxygen atoms in total. The Bertz CT molecular complexity index is 1430. The van der Waals surface area contributed by atoms with Crippen LogP contribution in [0.5, 0.6) is 5.75 Å². The molecule has 2 amide bonds. The van der Waals surface area contributed by atoms with Gasteiger partial charge in [0.15, 0.2) is 0 Å². The van der Waals surface area contributed by atoms with Crippen LogP contribution in [0, 0.1) is 6.92 Å². The third-order valence-electron chi connectivity index (χ3n) is 6.90. The molecule has 41 heavy (non-hydrogen) atoms. The highest BCUT2D eigenvalue weighted by atomic mass is 32.1. The van der Waals surface area contributed by atoms with Crippen LogP contribution in [-0.4, -0.2) is 69.9 Å². The zero-order valence-corrected chi connectivity index (χ0v) is 23.3. The van der Waals surface area contributed by atoms with Gasteiger partial charge in [-0.3, -0.25) is 9.69 Å². The van der Waals surface area contributed by atoms with Crippen LogP contribution in [0.25, 0.3) is 10.6 Å². The minimum atomic E-state index is -4.66. The quantitative estimate of drug-likeness (QED) is 0.398. The number of alkyl halides is 3. The molecular weight excluding hydrogens is 563 g/mol. The molecule has 0 aliphatic carbocycles. The lowest BCUT2D eigenvalue weighted by Gasteiger charge is -2.32. The minimum absolute atomic E-state index is 0.0840. The van der Waals surface area contributed by atoms with Gasteiger partial charge >= 0.3 is 12.3 Å². The molecule has 4 heterocycles. The van der Waals surface area contributed by atoms with Crippen LogP contribution < -0.4 is 10.1 Å². The van der Waals surface area contributed by atoms with Crippen LogP contribution in [-0.2, 0) is 15.7 Å². The number of rotatable bonds is 8. The molecule has 5 rings (SSSR count). The number of carbonyl (C=O) groups excluding carboxylic acids is 2. The summed E-state index contributed by atoms with van der Waals surface area (Å²) in [6.07, 6.45) is -0.616. The fourth-order valence-corrected chi connectivity index (χ4v) is 5.60. The van der Waals surface area contributed by atoms with E-state index in [4.69, 9.17) is 14.2 Å². The van der Waals surface area contributed by atoms with Gasteiger partial charge < -0.3 is 19.5 Å². The van der Waals surface area contributed by atoms with Crippen molar-refractivity contribution in [1.82, 2.24) is 25.2 Å². The molecule has 3 unspecified atom stereocenters. The number of ether oxygens (including phenoxy) is 3. The first-order valence-electron chi connectivity index (χ1n) is 12.9. The number of nitrogens with zero attached hydrogens (tertiary/aromatic N) is 4. The van der Waals surface area contributed by atoms with Gasteiger partial charge in [-0.1, -0.05) is 0 Å². The third-order valence-corrected chi connectivity index (χ3v) is 7.86. The summed E-state index contributed by atoms with van der Waals surface area (Å²) >= 11 is 1.46. The summed E-state index contributed by atoms with van der Waals surface area (Å²) in [5.74, 6) is -1.32. The van der Waals surface area contributed by atoms with Crippen LogP contribution in [0.4, 0.5) is 18.0 Å². The zero-order chi connectivity index (χ0) is 29.4. The molecule has 0 radical (unpaired) electrons. The second-order valence-electron chi connectivity index (χ2n) is 10.0. The maximum atomic E-state index is 13.3. The zero-order valence-electron chi connectivity index (χ0n) is 22.5. The van der Waals surface area contributed by atoms with Gasteiger partial charge in [0, 0.05) is 46.6 Å². The first kappa shape index (κ1) is 28.7. The third kappa shape index (κ3) is 6.27. The Morgan fingerprint density at radius 1 is 1.22 bits per heavy atom. The van der Waals surface area contributed by atoms with Crippen molar-refractivity contribution in [2.45, 2.75) is 51.1 Å². The highest BCUT2D eigenvalue weighted by Crippen LogP contribution is 2.39. The molecule has 2 aromatic heterocycles. The second-order valence-corrected chi connectivity index (χ2v) is 11.3. The second kappa shape index (κ2) is 11.2. The summed E-state index contributed by atoms with van der Waals surface area (Å²) in [5, 5.41) is 3.47. The summed E-state index contributed by atoms with van der Waals surface area (Å²) in [6, 6.07) is 4.28. The molecule has 1 N–H and O–H groups in total. The number of hydrogen-bond acceptors (Lipinski definition) is 9. The number of thiazole rings is 1. The molecule has 3 aromatic rings. The summed E-state index contributed by atoms with van der Waals surface area (Å²) in [6.45, 7) is 6.46. The highest BCUT2D eigenvalue weighted by Gasteiger charge is 2.53. The molecule has 0 saturated carbocycles. The van der Waals surface area contributed by atoms with Gasteiger partial charge in [0.2, 0.25) is 5.82 Å². The molecule has 2 fully saturated rings. The fourth-order valence-electron chi connectivity index (χ4n) is 4.85. The van der Waals surface area contributed by atoms with Gasteiger partial charge in [-0.2, -0.15) is 13.2 Å². The summed E-state index contributed by atoms with van der Waals surface area (Å²) in [5.41, 5.74) is 0.560. The molecule has 2 saturated heterocycles. The van der Waals surface area contributed by atoms with E-state index in [-0.39, 0.29) is 30.9 Å². The van der Waals surface area contributed by atoms with E-state index in [9.17, 15) is 22.8 Å². The number of likely N-dealkylation sites (tertiary alicyclic amines) is 1. The van der Waals surface area contributed by atoms with Gasteiger partial charge in [-0.05, 0) is 39.0 Å². The monoisotopic (exact) mass is 591 g/mol. The summed E-state index contributed by atoms with van der Waals surface area (Å²) in [7, 11) is 0. The van der Waals surface area contributed by atoms with E-state index in [1.54, 1.807) is 43.1 Å². The average Bonchev–Trinajstić information content (AvgIpc) is 3.67. The Kier molecular flexibility index (Phi) is 7.88. The SMILES string of the molecule is CCOC(=O)N1CC2(COc3cc(C(=O)NC(C)c4cnc(C(F)(F)F)nc4)cc(-c4ncc(C)s4)c3)CC1CO2. The molecular formula is C27H28F3N5O5S. The highest BCUT2D eigenvalue weighted by molar-refractivity contribution is 7.14. The van der Waals surface area contributed by atoms with Crippen LogP contribution in [0.3, 0.4) is 0 Å². The number of carbonyl (C=O) groups is 2. The number of fused-ring (bicyclic) bond motifs is 2. The molecule has 3 atom stereocenters. The lowest BCUT2D eigenvalue weighted by atomic mass is 10.0. The van der Waals surface area contributed by atoms with Crippen LogP contribution in [0.1, 0.15) is 52.9 Å². The first-order chi connectivity index (χ1) is 19.5.